The van der Waals surface area contributed by atoms with Gasteiger partial charge in [-0.1, -0.05) is 6.07 Å². The van der Waals surface area contributed by atoms with E-state index < -0.39 is 10.0 Å². The molecule has 3 rings (SSSR count). The predicted molar refractivity (Wildman–Crippen MR) is 74.9 cm³/mol. The molecule has 21 heavy (non-hydrogen) atoms. The molecule has 2 aromatic rings. The van der Waals surface area contributed by atoms with Gasteiger partial charge in [0.2, 0.25) is 0 Å². The highest BCUT2D eigenvalue weighted by Crippen LogP contribution is 2.30. The fraction of sp³-hybridized carbons (Fsp3) is 0.308. The van der Waals surface area contributed by atoms with E-state index in [1.54, 1.807) is 0 Å². The van der Waals surface area contributed by atoms with Crippen molar-refractivity contribution in [2.24, 2.45) is 0 Å². The highest BCUT2D eigenvalue weighted by atomic mass is 32.2. The van der Waals surface area contributed by atoms with Gasteiger partial charge in [0, 0.05) is 6.54 Å². The van der Waals surface area contributed by atoms with Crippen molar-refractivity contribution in [3.05, 3.63) is 36.3 Å². The number of imidazole rings is 1. The summed E-state index contributed by atoms with van der Waals surface area (Å²) in [5.74, 6) is 1.43. The predicted octanol–water partition coefficient (Wildman–Crippen LogP) is 0.702. The molecule has 1 aliphatic heterocycles. The lowest BCUT2D eigenvalue weighted by atomic mass is 10.1. The Morgan fingerprint density at radius 1 is 1.24 bits per heavy atom. The quantitative estimate of drug-likeness (QED) is 0.848. The first-order chi connectivity index (χ1) is 10.1. The van der Waals surface area contributed by atoms with Crippen LogP contribution in [0.1, 0.15) is 5.56 Å². The van der Waals surface area contributed by atoms with Crippen LogP contribution in [0, 0.1) is 0 Å². The summed E-state index contributed by atoms with van der Waals surface area (Å²) < 4.78 is 37.2. The van der Waals surface area contributed by atoms with E-state index in [-0.39, 0.29) is 5.03 Å². The van der Waals surface area contributed by atoms with Crippen LogP contribution < -0.4 is 14.2 Å². The number of aromatic nitrogens is 2. The van der Waals surface area contributed by atoms with Gasteiger partial charge in [0.1, 0.15) is 13.2 Å². The molecule has 8 heteroatoms. The Hall–Kier alpha value is -2.06. The van der Waals surface area contributed by atoms with Gasteiger partial charge in [-0.05, 0) is 24.1 Å². The zero-order valence-corrected chi connectivity index (χ0v) is 12.0. The van der Waals surface area contributed by atoms with E-state index in [0.717, 1.165) is 11.3 Å². The lowest BCUT2D eigenvalue weighted by molar-refractivity contribution is 0.171. The summed E-state index contributed by atoms with van der Waals surface area (Å²) in [6, 6.07) is 5.62. The molecule has 0 radical (unpaired) electrons. The van der Waals surface area contributed by atoms with Crippen LogP contribution in [-0.2, 0) is 16.4 Å². The van der Waals surface area contributed by atoms with Crippen molar-refractivity contribution in [3.63, 3.8) is 0 Å². The second kappa shape index (κ2) is 5.74. The van der Waals surface area contributed by atoms with Gasteiger partial charge in [0.25, 0.3) is 10.0 Å². The molecule has 2 N–H and O–H groups in total. The second-order valence-corrected chi connectivity index (χ2v) is 6.28. The van der Waals surface area contributed by atoms with Crippen molar-refractivity contribution in [2.45, 2.75) is 11.4 Å². The van der Waals surface area contributed by atoms with Crippen molar-refractivity contribution in [3.8, 4) is 11.5 Å². The molecule has 0 bridgehead atoms. The van der Waals surface area contributed by atoms with Gasteiger partial charge in [-0.2, -0.15) is 0 Å². The van der Waals surface area contributed by atoms with Gasteiger partial charge in [-0.25, -0.2) is 18.1 Å². The maximum Gasteiger partial charge on any atom is 0.257 e. The van der Waals surface area contributed by atoms with Gasteiger partial charge in [0.15, 0.2) is 16.5 Å². The third-order valence-electron chi connectivity index (χ3n) is 3.07. The average Bonchev–Trinajstić information content (AvgIpc) is 3.02. The molecule has 0 spiro atoms. The minimum absolute atomic E-state index is 0.0599. The Labute approximate surface area is 122 Å². The van der Waals surface area contributed by atoms with Crippen molar-refractivity contribution in [2.75, 3.05) is 19.8 Å². The van der Waals surface area contributed by atoms with Crippen LogP contribution in [0.3, 0.4) is 0 Å². The maximum absolute atomic E-state index is 11.9. The van der Waals surface area contributed by atoms with Crippen molar-refractivity contribution >= 4 is 10.0 Å². The molecule has 0 amide bonds. The number of rotatable bonds is 5. The zero-order valence-electron chi connectivity index (χ0n) is 11.2. The fourth-order valence-corrected chi connectivity index (χ4v) is 2.97. The van der Waals surface area contributed by atoms with Gasteiger partial charge in [0.05, 0.1) is 12.5 Å². The molecule has 0 saturated carbocycles. The highest BCUT2D eigenvalue weighted by Gasteiger charge is 2.15. The Morgan fingerprint density at radius 2 is 2.05 bits per heavy atom. The molecule has 7 nitrogen and oxygen atoms in total. The van der Waals surface area contributed by atoms with Crippen LogP contribution in [0.25, 0.3) is 0 Å². The van der Waals surface area contributed by atoms with Crippen LogP contribution in [0.15, 0.2) is 35.7 Å². The van der Waals surface area contributed by atoms with E-state index in [9.17, 15) is 8.42 Å². The molecule has 0 unspecified atom stereocenters. The molecule has 1 aliphatic rings. The number of nitrogens with zero attached hydrogens (tertiary/aromatic N) is 1. The largest absolute Gasteiger partial charge is 0.486 e. The van der Waals surface area contributed by atoms with Crippen molar-refractivity contribution in [1.82, 2.24) is 14.7 Å². The molecule has 112 valence electrons. The van der Waals surface area contributed by atoms with Gasteiger partial charge in [-0.15, -0.1) is 0 Å². The van der Waals surface area contributed by atoms with Crippen molar-refractivity contribution in [1.29, 1.82) is 0 Å². The number of ether oxygens (including phenoxy) is 2. The van der Waals surface area contributed by atoms with E-state index >= 15 is 0 Å². The molecule has 1 aromatic carbocycles. The smallest absolute Gasteiger partial charge is 0.257 e. The number of aromatic amines is 1. The van der Waals surface area contributed by atoms with E-state index in [1.165, 1.54) is 12.5 Å². The summed E-state index contributed by atoms with van der Waals surface area (Å²) in [5, 5.41) is 0.0599. The molecule has 0 aliphatic carbocycles. The molecule has 2 heterocycles. The van der Waals surface area contributed by atoms with Crippen LogP contribution in [0.5, 0.6) is 11.5 Å². The normalized spacial score (nSPS) is 14.1. The first-order valence-corrected chi connectivity index (χ1v) is 8.00. The van der Waals surface area contributed by atoms with Crippen LogP contribution in [0.4, 0.5) is 0 Å². The summed E-state index contributed by atoms with van der Waals surface area (Å²) in [7, 11) is -3.53. The molecule has 0 saturated heterocycles. The lowest BCUT2D eigenvalue weighted by Gasteiger charge is -2.18. The number of hydrogen-bond donors (Lipinski definition) is 2. The molecular formula is C13H15N3O4S. The number of fused-ring (bicyclic) bond motifs is 1. The molecule has 0 fully saturated rings. The summed E-state index contributed by atoms with van der Waals surface area (Å²) in [5.41, 5.74) is 0.978. The summed E-state index contributed by atoms with van der Waals surface area (Å²) >= 11 is 0. The number of benzene rings is 1. The second-order valence-electron chi connectivity index (χ2n) is 4.54. The summed E-state index contributed by atoms with van der Waals surface area (Å²) in [6.07, 6.45) is 3.16. The van der Waals surface area contributed by atoms with Crippen LogP contribution in [-0.4, -0.2) is 38.1 Å². The Kier molecular flexibility index (Phi) is 3.80. The molecule has 0 atom stereocenters. The van der Waals surface area contributed by atoms with E-state index in [4.69, 9.17) is 9.47 Å². The standard InChI is InChI=1S/C13H15N3O4S/c17-21(18,13-8-14-9-15-13)16-4-3-10-1-2-11-12(7-10)20-6-5-19-11/h1-2,7-9,16H,3-6H2,(H,14,15). The first-order valence-electron chi connectivity index (χ1n) is 6.52. The Balaban J connectivity index is 1.61. The Bertz CT molecular complexity index is 713. The fourth-order valence-electron chi connectivity index (χ4n) is 2.04. The Morgan fingerprint density at radius 3 is 2.81 bits per heavy atom. The van der Waals surface area contributed by atoms with E-state index in [2.05, 4.69) is 14.7 Å². The molecular weight excluding hydrogens is 294 g/mol. The molecule has 1 aromatic heterocycles. The monoisotopic (exact) mass is 309 g/mol. The van der Waals surface area contributed by atoms with Crippen molar-refractivity contribution < 1.29 is 17.9 Å². The zero-order chi connectivity index (χ0) is 14.7. The highest BCUT2D eigenvalue weighted by molar-refractivity contribution is 7.89. The van der Waals surface area contributed by atoms with Crippen LogP contribution in [0.2, 0.25) is 0 Å². The first kappa shape index (κ1) is 13.9. The number of nitrogens with one attached hydrogen (secondary N) is 2. The SMILES string of the molecule is O=S(=O)(NCCc1ccc2c(c1)OCCO2)c1cnc[nH]1. The van der Waals surface area contributed by atoms with E-state index in [1.807, 2.05) is 18.2 Å². The number of H-pyrrole nitrogens is 1. The number of hydrogen-bond acceptors (Lipinski definition) is 5. The topological polar surface area (TPSA) is 93.3 Å². The van der Waals surface area contributed by atoms with Gasteiger partial charge < -0.3 is 14.5 Å². The third-order valence-corrected chi connectivity index (χ3v) is 4.46. The minimum atomic E-state index is -3.53. The average molecular weight is 309 g/mol. The maximum atomic E-state index is 11.9. The lowest BCUT2D eigenvalue weighted by Crippen LogP contribution is -2.26. The summed E-state index contributed by atoms with van der Waals surface area (Å²) in [6.45, 7) is 1.38. The van der Waals surface area contributed by atoms with Crippen LogP contribution >= 0.6 is 0 Å². The van der Waals surface area contributed by atoms with Gasteiger partial charge in [-0.3, -0.25) is 0 Å². The minimum Gasteiger partial charge on any atom is -0.486 e. The van der Waals surface area contributed by atoms with Gasteiger partial charge >= 0.3 is 0 Å². The number of sulfonamides is 1. The third kappa shape index (κ3) is 3.17. The van der Waals surface area contributed by atoms with E-state index in [0.29, 0.717) is 31.9 Å². The summed E-state index contributed by atoms with van der Waals surface area (Å²) in [4.78, 5) is 6.27.